The first-order valence-electron chi connectivity index (χ1n) is 5.55. The van der Waals surface area contributed by atoms with Crippen molar-refractivity contribution in [1.29, 1.82) is 0 Å². The first-order valence-corrected chi connectivity index (χ1v) is 7.20. The molecule has 94 valence electrons. The minimum atomic E-state index is -3.41. The van der Waals surface area contributed by atoms with E-state index >= 15 is 0 Å². The standard InChI is InChI=1S/C13H17FO2S/c1-11(2)6-3-4-9-17(15,16)13-8-5-7-12(14)10-13/h3-5,7-8,10-11H,6,9H2,1-2H3. The average molecular weight is 256 g/mol. The second-order valence-electron chi connectivity index (χ2n) is 4.34. The lowest BCUT2D eigenvalue weighted by molar-refractivity contribution is 0.593. The third-order valence-electron chi connectivity index (χ3n) is 2.24. The Balaban J connectivity index is 2.73. The van der Waals surface area contributed by atoms with Crippen LogP contribution in [-0.2, 0) is 9.84 Å². The lowest BCUT2D eigenvalue weighted by Crippen LogP contribution is -2.05. The maximum Gasteiger partial charge on any atom is 0.182 e. The summed E-state index contributed by atoms with van der Waals surface area (Å²) in [6, 6.07) is 5.09. The molecule has 0 amide bonds. The summed E-state index contributed by atoms with van der Waals surface area (Å²) in [6.45, 7) is 4.12. The summed E-state index contributed by atoms with van der Waals surface area (Å²) < 4.78 is 36.5. The number of halogens is 1. The quantitative estimate of drug-likeness (QED) is 0.758. The van der Waals surface area contributed by atoms with Crippen LogP contribution < -0.4 is 0 Å². The van der Waals surface area contributed by atoms with Gasteiger partial charge in [-0.05, 0) is 30.5 Å². The maximum absolute atomic E-state index is 12.9. The third-order valence-corrected chi connectivity index (χ3v) is 3.85. The van der Waals surface area contributed by atoms with E-state index in [1.807, 2.05) is 6.08 Å². The molecule has 1 aromatic rings. The van der Waals surface area contributed by atoms with Crippen molar-refractivity contribution < 1.29 is 12.8 Å². The normalized spacial score (nSPS) is 12.5. The van der Waals surface area contributed by atoms with E-state index in [2.05, 4.69) is 13.8 Å². The van der Waals surface area contributed by atoms with Gasteiger partial charge in [-0.3, -0.25) is 0 Å². The molecule has 0 aliphatic carbocycles. The van der Waals surface area contributed by atoms with Gasteiger partial charge >= 0.3 is 0 Å². The second-order valence-corrected chi connectivity index (χ2v) is 6.37. The Bertz CT molecular complexity index is 490. The zero-order chi connectivity index (χ0) is 12.9. The van der Waals surface area contributed by atoms with Crippen molar-refractivity contribution in [1.82, 2.24) is 0 Å². The fourth-order valence-corrected chi connectivity index (χ4v) is 2.48. The zero-order valence-electron chi connectivity index (χ0n) is 10.1. The molecule has 1 aromatic carbocycles. The highest BCUT2D eigenvalue weighted by molar-refractivity contribution is 7.91. The van der Waals surface area contributed by atoms with Crippen molar-refractivity contribution >= 4 is 9.84 Å². The molecule has 0 atom stereocenters. The van der Waals surface area contributed by atoms with Gasteiger partial charge in [0, 0.05) is 0 Å². The van der Waals surface area contributed by atoms with Gasteiger partial charge in [0.15, 0.2) is 9.84 Å². The predicted molar refractivity (Wildman–Crippen MR) is 67.0 cm³/mol. The Hall–Kier alpha value is -1.16. The lowest BCUT2D eigenvalue weighted by atomic mass is 10.1. The van der Waals surface area contributed by atoms with Gasteiger partial charge < -0.3 is 0 Å². The first-order chi connectivity index (χ1) is 7.92. The van der Waals surface area contributed by atoms with Crippen LogP contribution in [0.1, 0.15) is 20.3 Å². The fraction of sp³-hybridized carbons (Fsp3) is 0.385. The molecule has 0 fully saturated rings. The molecule has 0 saturated heterocycles. The Labute approximate surface area is 102 Å². The molecule has 0 aliphatic rings. The van der Waals surface area contributed by atoms with Crippen LogP contribution in [0.3, 0.4) is 0 Å². The second kappa shape index (κ2) is 5.96. The molecule has 0 heterocycles. The zero-order valence-corrected chi connectivity index (χ0v) is 10.9. The van der Waals surface area contributed by atoms with E-state index in [0.29, 0.717) is 5.92 Å². The van der Waals surface area contributed by atoms with E-state index in [4.69, 9.17) is 0 Å². The van der Waals surface area contributed by atoms with Crippen LogP contribution in [0.5, 0.6) is 0 Å². The monoisotopic (exact) mass is 256 g/mol. The first kappa shape index (κ1) is 13.9. The summed E-state index contributed by atoms with van der Waals surface area (Å²) in [5.74, 6) is -0.108. The molecule has 0 aliphatic heterocycles. The summed E-state index contributed by atoms with van der Waals surface area (Å²) in [5.41, 5.74) is 0. The fourth-order valence-electron chi connectivity index (χ4n) is 1.32. The molecule has 0 unspecified atom stereocenters. The number of benzene rings is 1. The van der Waals surface area contributed by atoms with Crippen LogP contribution >= 0.6 is 0 Å². The number of rotatable bonds is 5. The summed E-state index contributed by atoms with van der Waals surface area (Å²) >= 11 is 0. The van der Waals surface area contributed by atoms with Crippen molar-refractivity contribution in [3.05, 3.63) is 42.2 Å². The highest BCUT2D eigenvalue weighted by atomic mass is 32.2. The summed E-state index contributed by atoms with van der Waals surface area (Å²) in [7, 11) is -3.41. The molecular weight excluding hydrogens is 239 g/mol. The summed E-state index contributed by atoms with van der Waals surface area (Å²) in [6.07, 6.45) is 4.32. The third kappa shape index (κ3) is 4.69. The molecule has 0 bridgehead atoms. The molecule has 17 heavy (non-hydrogen) atoms. The van der Waals surface area contributed by atoms with Crippen LogP contribution in [0.15, 0.2) is 41.3 Å². The van der Waals surface area contributed by atoms with E-state index in [1.54, 1.807) is 6.08 Å². The van der Waals surface area contributed by atoms with Crippen molar-refractivity contribution in [3.63, 3.8) is 0 Å². The lowest BCUT2D eigenvalue weighted by Gasteiger charge is -2.01. The molecule has 0 N–H and O–H groups in total. The topological polar surface area (TPSA) is 34.1 Å². The molecule has 2 nitrogen and oxygen atoms in total. The molecule has 0 radical (unpaired) electrons. The molecule has 0 aromatic heterocycles. The van der Waals surface area contributed by atoms with E-state index in [0.717, 1.165) is 12.5 Å². The molecule has 0 spiro atoms. The van der Waals surface area contributed by atoms with Crippen LogP contribution in [0.2, 0.25) is 0 Å². The van der Waals surface area contributed by atoms with Gasteiger partial charge in [0.2, 0.25) is 0 Å². The van der Waals surface area contributed by atoms with E-state index in [-0.39, 0.29) is 10.6 Å². The summed E-state index contributed by atoms with van der Waals surface area (Å²) in [4.78, 5) is 0.0340. The average Bonchev–Trinajstić information content (AvgIpc) is 2.24. The molecule has 4 heteroatoms. The van der Waals surface area contributed by atoms with E-state index in [1.165, 1.54) is 18.2 Å². The van der Waals surface area contributed by atoms with Crippen LogP contribution in [0.25, 0.3) is 0 Å². The molecule has 0 saturated carbocycles. The largest absolute Gasteiger partial charge is 0.223 e. The van der Waals surface area contributed by atoms with Gasteiger partial charge in [-0.25, -0.2) is 12.8 Å². The molecule has 1 rings (SSSR count). The van der Waals surface area contributed by atoms with Gasteiger partial charge in [0.25, 0.3) is 0 Å². The predicted octanol–water partition coefficient (Wildman–Crippen LogP) is 3.20. The van der Waals surface area contributed by atoms with Gasteiger partial charge in [-0.2, -0.15) is 0 Å². The van der Waals surface area contributed by atoms with E-state index < -0.39 is 15.7 Å². The van der Waals surface area contributed by atoms with E-state index in [9.17, 15) is 12.8 Å². The van der Waals surface area contributed by atoms with Gasteiger partial charge in [0.05, 0.1) is 10.6 Å². The number of sulfone groups is 1. The Kier molecular flexibility index (Phi) is 4.87. The van der Waals surface area contributed by atoms with Gasteiger partial charge in [-0.15, -0.1) is 0 Å². The molecular formula is C13H17FO2S. The maximum atomic E-state index is 12.9. The highest BCUT2D eigenvalue weighted by Gasteiger charge is 2.12. The minimum Gasteiger partial charge on any atom is -0.223 e. The Morgan fingerprint density at radius 2 is 2.00 bits per heavy atom. The van der Waals surface area contributed by atoms with Crippen molar-refractivity contribution in [3.8, 4) is 0 Å². The smallest absolute Gasteiger partial charge is 0.182 e. The minimum absolute atomic E-state index is 0.0340. The van der Waals surface area contributed by atoms with Crippen LogP contribution in [-0.4, -0.2) is 14.2 Å². The van der Waals surface area contributed by atoms with Crippen LogP contribution in [0.4, 0.5) is 4.39 Å². The Morgan fingerprint density at radius 3 is 2.59 bits per heavy atom. The number of allylic oxidation sites excluding steroid dienone is 1. The van der Waals surface area contributed by atoms with Gasteiger partial charge in [-0.1, -0.05) is 32.1 Å². The van der Waals surface area contributed by atoms with Crippen molar-refractivity contribution in [2.45, 2.75) is 25.2 Å². The summed E-state index contributed by atoms with van der Waals surface area (Å²) in [5, 5.41) is 0. The number of hydrogen-bond donors (Lipinski definition) is 0. The van der Waals surface area contributed by atoms with Crippen molar-refractivity contribution in [2.24, 2.45) is 5.92 Å². The number of hydrogen-bond acceptors (Lipinski definition) is 2. The van der Waals surface area contributed by atoms with Crippen molar-refractivity contribution in [2.75, 3.05) is 5.75 Å². The highest BCUT2D eigenvalue weighted by Crippen LogP contribution is 2.13. The van der Waals surface area contributed by atoms with Gasteiger partial charge in [0.1, 0.15) is 5.82 Å². The Morgan fingerprint density at radius 1 is 1.29 bits per heavy atom. The SMILES string of the molecule is CC(C)CC=CCS(=O)(=O)c1cccc(F)c1. The van der Waals surface area contributed by atoms with Crippen LogP contribution in [0, 0.1) is 11.7 Å².